The number of carbonyl (C=O) groups excluding carboxylic acids is 1. The highest BCUT2D eigenvalue weighted by atomic mass is 16.3. The van der Waals surface area contributed by atoms with E-state index in [1.54, 1.807) is 18.3 Å². The van der Waals surface area contributed by atoms with Crippen LogP contribution in [0.15, 0.2) is 36.5 Å². The fourth-order valence-corrected chi connectivity index (χ4v) is 4.33. The van der Waals surface area contributed by atoms with Gasteiger partial charge in [-0.3, -0.25) is 14.7 Å². The molecule has 154 valence electrons. The van der Waals surface area contributed by atoms with E-state index in [1.807, 2.05) is 26.0 Å². The molecule has 0 atom stereocenters. The summed E-state index contributed by atoms with van der Waals surface area (Å²) in [6.45, 7) is 13.4. The molecule has 30 heavy (non-hydrogen) atoms. The standard InChI is InChI=1S/C24H26N4O2/c1-16-12-21-24(26-13-16)23(22(30)14-27-10-8-18(15-29)9-11-27)17(2)28(21)20-6-4-19(25-3)5-7-20/h4-7,12-13,18,29H,8-11,14-15H2,1-2H3. The number of Topliss-reactive ketones (excluding diaryl/α,β-unsaturated/α-hetero) is 1. The van der Waals surface area contributed by atoms with Crippen LogP contribution in [0.4, 0.5) is 5.69 Å². The number of aliphatic hydroxyl groups excluding tert-OH is 1. The van der Waals surface area contributed by atoms with Crippen LogP contribution in [0.2, 0.25) is 0 Å². The minimum Gasteiger partial charge on any atom is -0.396 e. The first-order valence-corrected chi connectivity index (χ1v) is 10.3. The lowest BCUT2D eigenvalue weighted by Gasteiger charge is -2.30. The first-order chi connectivity index (χ1) is 14.5. The van der Waals surface area contributed by atoms with Crippen LogP contribution in [0.25, 0.3) is 21.6 Å². The van der Waals surface area contributed by atoms with Crippen molar-refractivity contribution in [3.8, 4) is 5.69 Å². The highest BCUT2D eigenvalue weighted by Gasteiger charge is 2.25. The van der Waals surface area contributed by atoms with Crippen LogP contribution < -0.4 is 0 Å². The number of rotatable bonds is 5. The molecule has 1 fully saturated rings. The molecule has 0 spiro atoms. The van der Waals surface area contributed by atoms with Gasteiger partial charge in [-0.25, -0.2) is 4.85 Å². The summed E-state index contributed by atoms with van der Waals surface area (Å²) >= 11 is 0. The molecule has 3 heterocycles. The Kier molecular flexibility index (Phi) is 5.67. The van der Waals surface area contributed by atoms with Crippen LogP contribution in [-0.4, -0.2) is 51.6 Å². The number of benzene rings is 1. The van der Waals surface area contributed by atoms with Gasteiger partial charge in [-0.05, 0) is 69.5 Å². The molecule has 2 aromatic heterocycles. The Hall–Kier alpha value is -3.01. The zero-order valence-electron chi connectivity index (χ0n) is 17.4. The summed E-state index contributed by atoms with van der Waals surface area (Å²) in [7, 11) is 0. The summed E-state index contributed by atoms with van der Waals surface area (Å²) in [6, 6.07) is 9.47. The van der Waals surface area contributed by atoms with Crippen molar-refractivity contribution in [2.24, 2.45) is 5.92 Å². The summed E-state index contributed by atoms with van der Waals surface area (Å²) in [5.74, 6) is 0.427. The molecule has 1 aliphatic rings. The first-order valence-electron chi connectivity index (χ1n) is 10.3. The minimum atomic E-state index is 0.0767. The van der Waals surface area contributed by atoms with Gasteiger partial charge in [0.25, 0.3) is 0 Å². The predicted octanol–water partition coefficient (Wildman–Crippen LogP) is 4.08. The van der Waals surface area contributed by atoms with Gasteiger partial charge in [-0.2, -0.15) is 0 Å². The highest BCUT2D eigenvalue weighted by Crippen LogP contribution is 2.30. The molecule has 0 unspecified atom stereocenters. The van der Waals surface area contributed by atoms with E-state index in [2.05, 4.69) is 25.4 Å². The van der Waals surface area contributed by atoms with Crippen molar-refractivity contribution in [2.45, 2.75) is 26.7 Å². The van der Waals surface area contributed by atoms with Crippen LogP contribution in [0, 0.1) is 26.3 Å². The third-order valence-electron chi connectivity index (χ3n) is 6.03. The number of fused-ring (bicyclic) bond motifs is 1. The van der Waals surface area contributed by atoms with Gasteiger partial charge in [-0.15, -0.1) is 0 Å². The van der Waals surface area contributed by atoms with Crippen LogP contribution >= 0.6 is 0 Å². The Morgan fingerprint density at radius 1 is 1.23 bits per heavy atom. The summed E-state index contributed by atoms with van der Waals surface area (Å²) in [5.41, 5.74) is 5.71. The van der Waals surface area contributed by atoms with Crippen LogP contribution in [-0.2, 0) is 0 Å². The Morgan fingerprint density at radius 2 is 1.93 bits per heavy atom. The lowest BCUT2D eigenvalue weighted by Crippen LogP contribution is -2.38. The summed E-state index contributed by atoms with van der Waals surface area (Å²) in [6.07, 6.45) is 3.66. The second kappa shape index (κ2) is 8.39. The van der Waals surface area contributed by atoms with Crippen molar-refractivity contribution in [2.75, 3.05) is 26.2 Å². The number of hydrogen-bond donors (Lipinski definition) is 1. The Labute approximate surface area is 176 Å². The van der Waals surface area contributed by atoms with Crippen LogP contribution in [0.1, 0.15) is 34.5 Å². The third-order valence-corrected chi connectivity index (χ3v) is 6.03. The molecule has 6 nitrogen and oxygen atoms in total. The van der Waals surface area contributed by atoms with Crippen molar-refractivity contribution in [3.63, 3.8) is 0 Å². The topological polar surface area (TPSA) is 62.7 Å². The zero-order chi connectivity index (χ0) is 21.3. The maximum absolute atomic E-state index is 13.3. The minimum absolute atomic E-state index is 0.0767. The molecule has 0 radical (unpaired) electrons. The van der Waals surface area contributed by atoms with E-state index < -0.39 is 0 Å². The van der Waals surface area contributed by atoms with E-state index in [4.69, 9.17) is 6.57 Å². The number of aryl methyl sites for hydroxylation is 1. The zero-order valence-corrected chi connectivity index (χ0v) is 17.4. The van der Waals surface area contributed by atoms with Crippen molar-refractivity contribution >= 4 is 22.5 Å². The molecule has 0 bridgehead atoms. The van der Waals surface area contributed by atoms with Crippen LogP contribution in [0.5, 0.6) is 0 Å². The third kappa shape index (κ3) is 3.74. The first kappa shape index (κ1) is 20.3. The number of hydrogen-bond acceptors (Lipinski definition) is 4. The molecule has 0 aliphatic carbocycles. The second-order valence-corrected chi connectivity index (χ2v) is 8.13. The van der Waals surface area contributed by atoms with Gasteiger partial charge >= 0.3 is 0 Å². The largest absolute Gasteiger partial charge is 0.396 e. The summed E-state index contributed by atoms with van der Waals surface area (Å²) in [4.78, 5) is 23.6. The number of aromatic nitrogens is 2. The molecule has 1 aliphatic heterocycles. The Bertz CT molecular complexity index is 1120. The molecular weight excluding hydrogens is 376 g/mol. The maximum Gasteiger partial charge on any atom is 0.187 e. The molecule has 0 amide bonds. The lowest BCUT2D eigenvalue weighted by atomic mass is 9.97. The number of likely N-dealkylation sites (tertiary alicyclic amines) is 1. The summed E-state index contributed by atoms with van der Waals surface area (Å²) < 4.78 is 2.06. The van der Waals surface area contributed by atoms with E-state index in [0.717, 1.165) is 53.9 Å². The number of aliphatic hydroxyl groups is 1. The molecule has 4 rings (SSSR count). The molecule has 1 aromatic carbocycles. The van der Waals surface area contributed by atoms with Crippen molar-refractivity contribution in [1.82, 2.24) is 14.5 Å². The molecule has 0 saturated carbocycles. The fraction of sp³-hybridized carbons (Fsp3) is 0.375. The lowest BCUT2D eigenvalue weighted by molar-refractivity contribution is 0.0865. The van der Waals surface area contributed by atoms with Gasteiger partial charge in [0.1, 0.15) is 0 Å². The van der Waals surface area contributed by atoms with E-state index in [0.29, 0.717) is 23.7 Å². The van der Waals surface area contributed by atoms with Crippen LogP contribution in [0.3, 0.4) is 0 Å². The summed E-state index contributed by atoms with van der Waals surface area (Å²) in [5, 5.41) is 9.35. The average molecular weight is 402 g/mol. The fourth-order valence-electron chi connectivity index (χ4n) is 4.33. The number of piperidine rings is 1. The van der Waals surface area contributed by atoms with Gasteiger partial charge in [0.15, 0.2) is 11.5 Å². The molecular formula is C24H26N4O2. The highest BCUT2D eigenvalue weighted by molar-refractivity contribution is 6.09. The SMILES string of the molecule is [C-]#[N+]c1ccc(-n2c(C)c(C(=O)CN3CCC(CO)CC3)c3ncc(C)cc32)cc1. The Balaban J connectivity index is 1.72. The maximum atomic E-state index is 13.3. The smallest absolute Gasteiger partial charge is 0.187 e. The van der Waals surface area contributed by atoms with E-state index in [1.165, 1.54) is 0 Å². The van der Waals surface area contributed by atoms with Gasteiger partial charge < -0.3 is 9.67 Å². The second-order valence-electron chi connectivity index (χ2n) is 8.13. The van der Waals surface area contributed by atoms with E-state index in [-0.39, 0.29) is 12.4 Å². The predicted molar refractivity (Wildman–Crippen MR) is 117 cm³/mol. The number of ketones is 1. The number of pyridine rings is 1. The normalized spacial score (nSPS) is 15.4. The number of nitrogens with zero attached hydrogens (tertiary/aromatic N) is 4. The monoisotopic (exact) mass is 402 g/mol. The van der Waals surface area contributed by atoms with Gasteiger partial charge in [0, 0.05) is 24.2 Å². The number of carbonyl (C=O) groups is 1. The van der Waals surface area contributed by atoms with E-state index >= 15 is 0 Å². The molecule has 1 N–H and O–H groups in total. The van der Waals surface area contributed by atoms with Crippen molar-refractivity contribution in [1.29, 1.82) is 0 Å². The molecule has 3 aromatic rings. The molecule has 1 saturated heterocycles. The van der Waals surface area contributed by atoms with Gasteiger partial charge in [0.05, 0.1) is 29.7 Å². The molecule has 6 heteroatoms. The van der Waals surface area contributed by atoms with Gasteiger partial charge in [0.2, 0.25) is 0 Å². The van der Waals surface area contributed by atoms with Crippen molar-refractivity contribution < 1.29 is 9.90 Å². The average Bonchev–Trinajstić information content (AvgIpc) is 3.05. The Morgan fingerprint density at radius 3 is 2.57 bits per heavy atom. The van der Waals surface area contributed by atoms with Crippen molar-refractivity contribution in [3.05, 3.63) is 64.8 Å². The quantitative estimate of drug-likeness (QED) is 0.516. The van der Waals surface area contributed by atoms with E-state index in [9.17, 15) is 9.90 Å². The van der Waals surface area contributed by atoms with Gasteiger partial charge in [-0.1, -0.05) is 12.1 Å².